The number of aryl methyl sites for hydroxylation is 1. The Morgan fingerprint density at radius 2 is 1.32 bits per heavy atom. The highest BCUT2D eigenvalue weighted by atomic mass is 16.5. The van der Waals surface area contributed by atoms with E-state index in [0.29, 0.717) is 36.8 Å². The Morgan fingerprint density at radius 3 is 1.95 bits per heavy atom. The summed E-state index contributed by atoms with van der Waals surface area (Å²) in [7, 11) is 0. The maximum atomic E-state index is 11.0. The zero-order valence-corrected chi connectivity index (χ0v) is 21.5. The Bertz CT molecular complexity index is 1220. The van der Waals surface area contributed by atoms with E-state index in [1.165, 1.54) is 5.56 Å². The van der Waals surface area contributed by atoms with Crippen LogP contribution in [-0.2, 0) is 19.6 Å². The van der Waals surface area contributed by atoms with Gasteiger partial charge in [0.1, 0.15) is 37.0 Å². The van der Waals surface area contributed by atoms with Crippen LogP contribution in [0.4, 0.5) is 5.69 Å². The van der Waals surface area contributed by atoms with Crippen LogP contribution < -0.4 is 15.2 Å². The Kier molecular flexibility index (Phi) is 10.2. The Labute approximate surface area is 224 Å². The number of nitrogen functional groups attached to an aromatic ring is 1. The first-order valence-corrected chi connectivity index (χ1v) is 12.9. The van der Waals surface area contributed by atoms with Gasteiger partial charge in [0.05, 0.1) is 5.69 Å². The molecule has 0 bridgehead atoms. The zero-order chi connectivity index (χ0) is 26.6. The van der Waals surface area contributed by atoms with Crippen molar-refractivity contribution in [2.75, 3.05) is 18.9 Å². The van der Waals surface area contributed by atoms with Gasteiger partial charge in [0.25, 0.3) is 0 Å². The molecule has 198 valence electrons. The minimum Gasteiger partial charge on any atom is -0.491 e. The van der Waals surface area contributed by atoms with E-state index in [9.17, 15) is 10.2 Å². The maximum absolute atomic E-state index is 11.0. The van der Waals surface area contributed by atoms with E-state index in [0.717, 1.165) is 17.5 Å². The number of rotatable bonds is 14. The fourth-order valence-electron chi connectivity index (χ4n) is 4.23. The third-order valence-electron chi connectivity index (χ3n) is 6.29. The lowest BCUT2D eigenvalue weighted by atomic mass is 10.1. The molecule has 38 heavy (non-hydrogen) atoms. The van der Waals surface area contributed by atoms with Gasteiger partial charge < -0.3 is 25.4 Å². The lowest BCUT2D eigenvalue weighted by Gasteiger charge is -2.30. The van der Waals surface area contributed by atoms with Crippen molar-refractivity contribution in [1.29, 1.82) is 0 Å². The average molecular weight is 513 g/mol. The van der Waals surface area contributed by atoms with Gasteiger partial charge in [-0.3, -0.25) is 4.90 Å². The predicted molar refractivity (Wildman–Crippen MR) is 151 cm³/mol. The topological polar surface area (TPSA) is 88.2 Å². The molecule has 0 saturated heterocycles. The molecule has 0 aliphatic carbocycles. The standard InChI is InChI=1S/C32H36N2O4/c33-30-20-29(17-18-31(30)38-23-27-14-8-3-9-15-27)37-24-28(35)22-34(21-26-12-6-2-7-13-26)32(36)19-16-25-10-4-1-5-11-25/h1-15,17-18,20,28,32,35-36H,16,19,21-24,33H2/t28?,32-/m0/s1. The van der Waals surface area contributed by atoms with E-state index in [1.807, 2.05) is 83.8 Å². The first-order chi connectivity index (χ1) is 18.6. The smallest absolute Gasteiger partial charge is 0.142 e. The molecular formula is C32H36N2O4. The Hall–Kier alpha value is -3.84. The van der Waals surface area contributed by atoms with Crippen LogP contribution in [-0.4, -0.2) is 40.6 Å². The monoisotopic (exact) mass is 512 g/mol. The van der Waals surface area contributed by atoms with Crippen LogP contribution in [0, 0.1) is 0 Å². The summed E-state index contributed by atoms with van der Waals surface area (Å²) in [4.78, 5) is 1.89. The fourth-order valence-corrected chi connectivity index (χ4v) is 4.23. The second-order valence-corrected chi connectivity index (χ2v) is 9.36. The molecular weight excluding hydrogens is 476 g/mol. The van der Waals surface area contributed by atoms with E-state index in [4.69, 9.17) is 15.2 Å². The van der Waals surface area contributed by atoms with Gasteiger partial charge in [0, 0.05) is 19.2 Å². The number of aliphatic hydroxyl groups is 2. The van der Waals surface area contributed by atoms with Crippen LogP contribution in [0.1, 0.15) is 23.1 Å². The van der Waals surface area contributed by atoms with Crippen molar-refractivity contribution in [3.8, 4) is 11.5 Å². The van der Waals surface area contributed by atoms with E-state index >= 15 is 0 Å². The molecule has 0 aliphatic rings. The molecule has 4 aromatic carbocycles. The lowest BCUT2D eigenvalue weighted by molar-refractivity contribution is -0.0397. The van der Waals surface area contributed by atoms with Gasteiger partial charge >= 0.3 is 0 Å². The number of benzene rings is 4. The highest BCUT2D eigenvalue weighted by Crippen LogP contribution is 2.27. The summed E-state index contributed by atoms with van der Waals surface area (Å²) in [5.74, 6) is 1.13. The van der Waals surface area contributed by atoms with E-state index in [-0.39, 0.29) is 13.2 Å². The summed E-state index contributed by atoms with van der Waals surface area (Å²) >= 11 is 0. The van der Waals surface area contributed by atoms with Crippen LogP contribution in [0.5, 0.6) is 11.5 Å². The predicted octanol–water partition coefficient (Wildman–Crippen LogP) is 5.04. The summed E-state index contributed by atoms with van der Waals surface area (Å²) in [5.41, 5.74) is 9.93. The van der Waals surface area contributed by atoms with Gasteiger partial charge in [-0.05, 0) is 41.7 Å². The number of anilines is 1. The van der Waals surface area contributed by atoms with Crippen molar-refractivity contribution in [2.45, 2.75) is 38.3 Å². The van der Waals surface area contributed by atoms with Crippen molar-refractivity contribution in [3.05, 3.63) is 126 Å². The van der Waals surface area contributed by atoms with Crippen LogP contribution >= 0.6 is 0 Å². The van der Waals surface area contributed by atoms with Gasteiger partial charge in [-0.1, -0.05) is 91.0 Å². The maximum Gasteiger partial charge on any atom is 0.142 e. The first-order valence-electron chi connectivity index (χ1n) is 12.9. The molecule has 0 aliphatic heterocycles. The second kappa shape index (κ2) is 14.2. The first kappa shape index (κ1) is 27.2. The van der Waals surface area contributed by atoms with Gasteiger partial charge in [-0.15, -0.1) is 0 Å². The minimum atomic E-state index is -0.805. The number of hydrogen-bond acceptors (Lipinski definition) is 6. The van der Waals surface area contributed by atoms with Gasteiger partial charge in [0.15, 0.2) is 0 Å². The van der Waals surface area contributed by atoms with E-state index < -0.39 is 12.3 Å². The molecule has 4 N–H and O–H groups in total. The Balaban J connectivity index is 1.31. The van der Waals surface area contributed by atoms with Crippen molar-refractivity contribution in [3.63, 3.8) is 0 Å². The van der Waals surface area contributed by atoms with Crippen LogP contribution in [0.25, 0.3) is 0 Å². The molecule has 0 aromatic heterocycles. The van der Waals surface area contributed by atoms with Crippen molar-refractivity contribution < 1.29 is 19.7 Å². The van der Waals surface area contributed by atoms with E-state index in [1.54, 1.807) is 18.2 Å². The molecule has 6 heteroatoms. The molecule has 2 atom stereocenters. The van der Waals surface area contributed by atoms with Gasteiger partial charge in [0.2, 0.25) is 0 Å². The molecule has 4 rings (SSSR count). The van der Waals surface area contributed by atoms with Crippen molar-refractivity contribution >= 4 is 5.69 Å². The van der Waals surface area contributed by atoms with Crippen LogP contribution in [0.3, 0.4) is 0 Å². The van der Waals surface area contributed by atoms with Crippen molar-refractivity contribution in [2.24, 2.45) is 0 Å². The molecule has 0 amide bonds. The molecule has 0 heterocycles. The summed E-state index contributed by atoms with van der Waals surface area (Å²) in [6, 6.07) is 35.2. The van der Waals surface area contributed by atoms with Crippen LogP contribution in [0.15, 0.2) is 109 Å². The SMILES string of the molecule is Nc1cc(OCC(O)CN(Cc2ccccc2)[C@@H](O)CCc2ccccc2)ccc1OCc1ccccc1. The third kappa shape index (κ3) is 8.63. The van der Waals surface area contributed by atoms with Gasteiger partial charge in [-0.25, -0.2) is 0 Å². The molecule has 4 aromatic rings. The number of hydrogen-bond donors (Lipinski definition) is 3. The summed E-state index contributed by atoms with van der Waals surface area (Å²) in [5, 5.41) is 21.8. The normalized spacial score (nSPS) is 12.7. The molecule has 0 radical (unpaired) electrons. The van der Waals surface area contributed by atoms with Gasteiger partial charge in [-0.2, -0.15) is 0 Å². The van der Waals surface area contributed by atoms with Crippen molar-refractivity contribution in [1.82, 2.24) is 4.90 Å². The number of aliphatic hydroxyl groups excluding tert-OH is 2. The number of ether oxygens (including phenoxy) is 2. The van der Waals surface area contributed by atoms with E-state index in [2.05, 4.69) is 12.1 Å². The molecule has 0 saturated carbocycles. The number of nitrogens with zero attached hydrogens (tertiary/aromatic N) is 1. The highest BCUT2D eigenvalue weighted by Gasteiger charge is 2.20. The van der Waals surface area contributed by atoms with Crippen LogP contribution in [0.2, 0.25) is 0 Å². The summed E-state index contributed by atoms with van der Waals surface area (Å²) in [6.45, 7) is 1.28. The summed E-state index contributed by atoms with van der Waals surface area (Å²) < 4.78 is 11.7. The summed E-state index contributed by atoms with van der Waals surface area (Å²) in [6.07, 6.45) is -0.203. The third-order valence-corrected chi connectivity index (χ3v) is 6.29. The molecule has 0 fully saturated rings. The highest BCUT2D eigenvalue weighted by molar-refractivity contribution is 5.56. The molecule has 6 nitrogen and oxygen atoms in total. The minimum absolute atomic E-state index is 0.0698. The molecule has 1 unspecified atom stereocenters. The number of nitrogens with two attached hydrogens (primary N) is 1. The Morgan fingerprint density at radius 1 is 0.711 bits per heavy atom. The fraction of sp³-hybridized carbons (Fsp3) is 0.250. The zero-order valence-electron chi connectivity index (χ0n) is 21.5. The largest absolute Gasteiger partial charge is 0.491 e. The quantitative estimate of drug-likeness (QED) is 0.162. The second-order valence-electron chi connectivity index (χ2n) is 9.36. The average Bonchev–Trinajstić information content (AvgIpc) is 2.95. The molecule has 0 spiro atoms. The lowest BCUT2D eigenvalue weighted by Crippen LogP contribution is -2.42.